The number of thiazole rings is 1. The van der Waals surface area contributed by atoms with Crippen molar-refractivity contribution in [3.05, 3.63) is 40.0 Å². The molecule has 6 nitrogen and oxygen atoms in total. The molecule has 0 saturated carbocycles. The van der Waals surface area contributed by atoms with E-state index in [9.17, 15) is 13.2 Å². The van der Waals surface area contributed by atoms with Crippen LogP contribution in [0.5, 0.6) is 0 Å². The van der Waals surface area contributed by atoms with E-state index in [2.05, 4.69) is 30.9 Å². The summed E-state index contributed by atoms with van der Waals surface area (Å²) in [7, 11) is 0. The highest BCUT2D eigenvalue weighted by Crippen LogP contribution is 2.28. The molecule has 2 aromatic heterocycles. The van der Waals surface area contributed by atoms with E-state index in [4.69, 9.17) is 0 Å². The van der Waals surface area contributed by atoms with Gasteiger partial charge in [0.15, 0.2) is 5.96 Å². The van der Waals surface area contributed by atoms with Gasteiger partial charge < -0.3 is 16.0 Å². The summed E-state index contributed by atoms with van der Waals surface area (Å²) in [4.78, 5) is 13.7. The lowest BCUT2D eigenvalue weighted by Crippen LogP contribution is -2.38. The molecule has 27 heavy (non-hydrogen) atoms. The first kappa shape index (κ1) is 20.9. The Labute approximate surface area is 160 Å². The minimum atomic E-state index is -4.37. The lowest BCUT2D eigenvalue weighted by atomic mass is 10.3. The number of halogens is 3. The monoisotopic (exact) mass is 400 g/mol. The van der Waals surface area contributed by atoms with Crippen molar-refractivity contribution in [1.29, 1.82) is 0 Å². The van der Waals surface area contributed by atoms with Crippen LogP contribution in [0.3, 0.4) is 0 Å². The highest BCUT2D eigenvalue weighted by atomic mass is 32.1. The highest BCUT2D eigenvalue weighted by Gasteiger charge is 2.30. The van der Waals surface area contributed by atoms with Crippen molar-refractivity contribution >= 4 is 23.1 Å². The summed E-state index contributed by atoms with van der Waals surface area (Å²) in [5, 5.41) is 10.3. The third kappa shape index (κ3) is 7.41. The summed E-state index contributed by atoms with van der Waals surface area (Å²) in [5.74, 6) is 1.13. The molecule has 0 saturated heterocycles. The Kier molecular flexibility index (Phi) is 7.83. The van der Waals surface area contributed by atoms with E-state index < -0.39 is 11.7 Å². The molecule has 2 heterocycles. The number of aromatic nitrogens is 2. The maximum absolute atomic E-state index is 12.5. The van der Waals surface area contributed by atoms with Crippen molar-refractivity contribution in [3.63, 3.8) is 0 Å². The Hall–Kier alpha value is -2.36. The van der Waals surface area contributed by atoms with Gasteiger partial charge in [-0.3, -0.25) is 0 Å². The van der Waals surface area contributed by atoms with Gasteiger partial charge in [-0.1, -0.05) is 0 Å². The molecule has 0 unspecified atom stereocenters. The van der Waals surface area contributed by atoms with Crippen molar-refractivity contribution in [1.82, 2.24) is 20.6 Å². The molecule has 0 aliphatic rings. The average molecular weight is 400 g/mol. The quantitative estimate of drug-likeness (QED) is 0.360. The van der Waals surface area contributed by atoms with Crippen LogP contribution in [0.2, 0.25) is 0 Å². The summed E-state index contributed by atoms with van der Waals surface area (Å²) in [6, 6.07) is 2.35. The fourth-order valence-corrected chi connectivity index (χ4v) is 2.85. The zero-order valence-electron chi connectivity index (χ0n) is 15.2. The van der Waals surface area contributed by atoms with Crippen molar-refractivity contribution in [3.8, 4) is 0 Å². The predicted molar refractivity (Wildman–Crippen MR) is 102 cm³/mol. The summed E-state index contributed by atoms with van der Waals surface area (Å²) >= 11 is 1.62. The number of anilines is 1. The van der Waals surface area contributed by atoms with E-state index >= 15 is 0 Å². The van der Waals surface area contributed by atoms with E-state index in [0.717, 1.165) is 35.1 Å². The molecule has 0 atom stereocenters. The van der Waals surface area contributed by atoms with Gasteiger partial charge in [-0.15, -0.1) is 11.3 Å². The summed E-state index contributed by atoms with van der Waals surface area (Å²) < 4.78 is 37.5. The van der Waals surface area contributed by atoms with Gasteiger partial charge in [0.25, 0.3) is 0 Å². The van der Waals surface area contributed by atoms with Gasteiger partial charge in [-0.2, -0.15) is 13.2 Å². The molecule has 3 N–H and O–H groups in total. The summed E-state index contributed by atoms with van der Waals surface area (Å²) in [6.07, 6.45) is -0.952. The smallest absolute Gasteiger partial charge is 0.370 e. The molecular formula is C17H23F3N6S. The molecule has 0 radical (unpaired) electrons. The van der Waals surface area contributed by atoms with Crippen LogP contribution < -0.4 is 16.0 Å². The normalized spacial score (nSPS) is 12.1. The highest BCUT2D eigenvalue weighted by molar-refractivity contribution is 7.11. The first-order valence-corrected chi connectivity index (χ1v) is 9.40. The van der Waals surface area contributed by atoms with Crippen LogP contribution in [-0.2, 0) is 12.7 Å². The maximum Gasteiger partial charge on any atom is 0.417 e. The van der Waals surface area contributed by atoms with Gasteiger partial charge in [0.1, 0.15) is 10.8 Å². The van der Waals surface area contributed by atoms with Crippen LogP contribution in [0.25, 0.3) is 0 Å². The van der Waals surface area contributed by atoms with E-state index in [1.807, 2.05) is 20.0 Å². The van der Waals surface area contributed by atoms with E-state index in [0.29, 0.717) is 31.4 Å². The number of pyridine rings is 1. The predicted octanol–water partition coefficient (Wildman–Crippen LogP) is 3.42. The summed E-state index contributed by atoms with van der Waals surface area (Å²) in [5.41, 5.74) is -0.753. The second kappa shape index (κ2) is 10.1. The van der Waals surface area contributed by atoms with Crippen LogP contribution in [-0.4, -0.2) is 35.6 Å². The van der Waals surface area contributed by atoms with Crippen LogP contribution in [0.4, 0.5) is 19.0 Å². The maximum atomic E-state index is 12.5. The first-order valence-electron chi connectivity index (χ1n) is 8.59. The van der Waals surface area contributed by atoms with E-state index in [-0.39, 0.29) is 0 Å². The Morgan fingerprint density at radius 3 is 2.56 bits per heavy atom. The number of hydrogen-bond donors (Lipinski definition) is 3. The van der Waals surface area contributed by atoms with E-state index in [1.165, 1.54) is 6.07 Å². The van der Waals surface area contributed by atoms with Gasteiger partial charge in [0, 0.05) is 36.9 Å². The Morgan fingerprint density at radius 2 is 1.96 bits per heavy atom. The number of nitrogens with one attached hydrogen (secondary N) is 3. The second-order valence-corrected chi connectivity index (χ2v) is 7.02. The van der Waals surface area contributed by atoms with Crippen molar-refractivity contribution in [2.45, 2.75) is 33.0 Å². The molecule has 0 spiro atoms. The van der Waals surface area contributed by atoms with Crippen LogP contribution in [0, 0.1) is 6.92 Å². The zero-order valence-corrected chi connectivity index (χ0v) is 16.0. The van der Waals surface area contributed by atoms with Gasteiger partial charge >= 0.3 is 6.18 Å². The van der Waals surface area contributed by atoms with Crippen LogP contribution >= 0.6 is 11.3 Å². The summed E-state index contributed by atoms with van der Waals surface area (Å²) in [6.45, 7) is 6.50. The lowest BCUT2D eigenvalue weighted by molar-refractivity contribution is -0.137. The largest absolute Gasteiger partial charge is 0.417 e. The molecule has 0 aliphatic carbocycles. The molecule has 2 aromatic rings. The Bertz CT molecular complexity index is 727. The van der Waals surface area contributed by atoms with Crippen molar-refractivity contribution < 1.29 is 13.2 Å². The number of aryl methyl sites for hydroxylation is 1. The fourth-order valence-electron chi connectivity index (χ4n) is 2.14. The molecule has 0 aromatic carbocycles. The van der Waals surface area contributed by atoms with Gasteiger partial charge in [-0.25, -0.2) is 15.0 Å². The minimum Gasteiger partial charge on any atom is -0.370 e. The van der Waals surface area contributed by atoms with E-state index in [1.54, 1.807) is 11.3 Å². The number of hydrogen-bond acceptors (Lipinski definition) is 5. The lowest BCUT2D eigenvalue weighted by Gasteiger charge is -2.12. The average Bonchev–Trinajstić information content (AvgIpc) is 3.04. The third-order valence-electron chi connectivity index (χ3n) is 3.43. The SMILES string of the molecule is CCNC(=NCc1ncc(C)s1)NCCCNc1ccc(C(F)(F)F)cn1. The molecule has 148 valence electrons. The van der Waals surface area contributed by atoms with Crippen LogP contribution in [0.15, 0.2) is 29.5 Å². The topological polar surface area (TPSA) is 74.2 Å². The van der Waals surface area contributed by atoms with Crippen molar-refractivity contribution in [2.24, 2.45) is 4.99 Å². The van der Waals surface area contributed by atoms with Crippen LogP contribution in [0.1, 0.15) is 28.8 Å². The molecule has 10 heteroatoms. The van der Waals surface area contributed by atoms with Crippen molar-refractivity contribution in [2.75, 3.05) is 25.0 Å². The molecule has 2 rings (SSSR count). The third-order valence-corrected chi connectivity index (χ3v) is 4.33. The van der Waals surface area contributed by atoms with Gasteiger partial charge in [-0.05, 0) is 32.4 Å². The second-order valence-electron chi connectivity index (χ2n) is 5.70. The number of nitrogens with zero attached hydrogens (tertiary/aromatic N) is 3. The number of guanidine groups is 1. The molecule has 0 amide bonds. The van der Waals surface area contributed by atoms with Gasteiger partial charge in [0.2, 0.25) is 0 Å². The Morgan fingerprint density at radius 1 is 1.15 bits per heavy atom. The number of alkyl halides is 3. The Balaban J connectivity index is 1.72. The standard InChI is InChI=1S/C17H23F3N6S/c1-3-21-16(26-11-15-25-9-12(2)27-15)23-8-4-7-22-14-6-5-13(10-24-14)17(18,19)20/h5-6,9-10H,3-4,7-8,11H2,1-2H3,(H,22,24)(H2,21,23,26). The molecule has 0 fully saturated rings. The molecular weight excluding hydrogens is 377 g/mol. The first-order chi connectivity index (χ1) is 12.9. The zero-order chi connectivity index (χ0) is 19.7. The number of rotatable bonds is 8. The van der Waals surface area contributed by atoms with Gasteiger partial charge in [0.05, 0.1) is 12.1 Å². The number of aliphatic imine (C=N–C) groups is 1. The molecule has 0 aliphatic heterocycles. The fraction of sp³-hybridized carbons (Fsp3) is 0.471. The minimum absolute atomic E-state index is 0.419. The molecule has 0 bridgehead atoms.